The first kappa shape index (κ1) is 17.7. The number of fused-ring (bicyclic) bond motifs is 3. The summed E-state index contributed by atoms with van der Waals surface area (Å²) in [5.41, 5.74) is 8.27. The zero-order chi connectivity index (χ0) is 20.9. The molecule has 1 nitrogen and oxygen atoms in total. The van der Waals surface area contributed by atoms with Gasteiger partial charge in [0, 0.05) is 16.6 Å². The second kappa shape index (κ2) is 6.72. The molecular formula is C30H21N. The van der Waals surface area contributed by atoms with Crippen LogP contribution in [0.3, 0.4) is 0 Å². The number of hydrogen-bond acceptors (Lipinski definition) is 1. The number of para-hydroxylation sites is 1. The van der Waals surface area contributed by atoms with Gasteiger partial charge < -0.3 is 4.90 Å². The quantitative estimate of drug-likeness (QED) is 0.289. The van der Waals surface area contributed by atoms with Gasteiger partial charge in [0.1, 0.15) is 0 Å². The molecule has 0 aliphatic carbocycles. The SMILES string of the molecule is C=Cc1cc2c3c(cccc3c1C=C)-c1cc3ccccc3cc1N2c1ccccc1. The minimum Gasteiger partial charge on any atom is -0.309 e. The largest absolute Gasteiger partial charge is 0.309 e. The third-order valence-electron chi connectivity index (χ3n) is 6.29. The predicted molar refractivity (Wildman–Crippen MR) is 135 cm³/mol. The molecule has 1 aliphatic rings. The van der Waals surface area contributed by atoms with Gasteiger partial charge in [-0.05, 0) is 63.2 Å². The Kier molecular flexibility index (Phi) is 3.84. The van der Waals surface area contributed by atoms with E-state index in [4.69, 9.17) is 0 Å². The minimum absolute atomic E-state index is 1.10. The lowest BCUT2D eigenvalue weighted by Crippen LogP contribution is -2.15. The number of hydrogen-bond donors (Lipinski definition) is 0. The van der Waals surface area contributed by atoms with Crippen LogP contribution in [0.4, 0.5) is 17.1 Å². The van der Waals surface area contributed by atoms with Crippen molar-refractivity contribution < 1.29 is 0 Å². The Morgan fingerprint density at radius 1 is 0.613 bits per heavy atom. The van der Waals surface area contributed by atoms with Gasteiger partial charge in [0.05, 0.1) is 11.4 Å². The van der Waals surface area contributed by atoms with Crippen molar-refractivity contribution in [1.29, 1.82) is 0 Å². The molecule has 0 bridgehead atoms. The molecule has 5 aromatic carbocycles. The maximum Gasteiger partial charge on any atom is 0.0552 e. The molecule has 1 heteroatoms. The van der Waals surface area contributed by atoms with Crippen molar-refractivity contribution in [3.05, 3.63) is 115 Å². The second-order valence-electron chi connectivity index (χ2n) is 7.92. The Bertz CT molecular complexity index is 1510. The molecule has 1 heterocycles. The monoisotopic (exact) mass is 395 g/mol. The van der Waals surface area contributed by atoms with Gasteiger partial charge in [-0.1, -0.05) is 86.0 Å². The third-order valence-corrected chi connectivity index (χ3v) is 6.29. The molecule has 0 radical (unpaired) electrons. The lowest BCUT2D eigenvalue weighted by atomic mass is 9.86. The van der Waals surface area contributed by atoms with E-state index in [0.717, 1.165) is 16.8 Å². The predicted octanol–water partition coefficient (Wildman–Crippen LogP) is 8.73. The third kappa shape index (κ3) is 2.50. The number of rotatable bonds is 3. The van der Waals surface area contributed by atoms with Gasteiger partial charge in [-0.2, -0.15) is 0 Å². The molecule has 1 aliphatic heterocycles. The molecule has 0 fully saturated rings. The molecule has 0 spiro atoms. The van der Waals surface area contributed by atoms with Crippen LogP contribution in [0.5, 0.6) is 0 Å². The van der Waals surface area contributed by atoms with Crippen LogP contribution in [0.15, 0.2) is 104 Å². The smallest absolute Gasteiger partial charge is 0.0552 e. The van der Waals surface area contributed by atoms with Crippen LogP contribution in [0.1, 0.15) is 11.1 Å². The summed E-state index contributed by atoms with van der Waals surface area (Å²) in [6.07, 6.45) is 3.88. The van der Waals surface area contributed by atoms with Crippen LogP contribution in [-0.2, 0) is 0 Å². The average molecular weight is 396 g/mol. The molecule has 0 saturated heterocycles. The fourth-order valence-corrected chi connectivity index (χ4v) is 4.92. The summed E-state index contributed by atoms with van der Waals surface area (Å²) in [4.78, 5) is 2.39. The Labute approximate surface area is 182 Å². The maximum atomic E-state index is 4.09. The highest BCUT2D eigenvalue weighted by atomic mass is 15.2. The van der Waals surface area contributed by atoms with Crippen molar-refractivity contribution in [3.63, 3.8) is 0 Å². The summed E-state index contributed by atoms with van der Waals surface area (Å²) >= 11 is 0. The summed E-state index contributed by atoms with van der Waals surface area (Å²) in [7, 11) is 0. The van der Waals surface area contributed by atoms with E-state index in [9.17, 15) is 0 Å². The number of nitrogens with zero attached hydrogens (tertiary/aromatic N) is 1. The lowest BCUT2D eigenvalue weighted by Gasteiger charge is -2.34. The molecule has 0 N–H and O–H groups in total. The van der Waals surface area contributed by atoms with E-state index < -0.39 is 0 Å². The molecule has 0 atom stereocenters. The van der Waals surface area contributed by atoms with E-state index in [1.54, 1.807) is 0 Å². The molecule has 0 unspecified atom stereocenters. The molecule has 31 heavy (non-hydrogen) atoms. The molecule has 5 aromatic rings. The van der Waals surface area contributed by atoms with Crippen LogP contribution >= 0.6 is 0 Å². The van der Waals surface area contributed by atoms with Crippen molar-refractivity contribution in [2.45, 2.75) is 0 Å². The van der Waals surface area contributed by atoms with Crippen LogP contribution < -0.4 is 4.90 Å². The molecule has 146 valence electrons. The van der Waals surface area contributed by atoms with E-state index in [0.29, 0.717) is 0 Å². The molecule has 6 rings (SSSR count). The summed E-state index contributed by atoms with van der Waals surface area (Å²) in [6.45, 7) is 8.17. The van der Waals surface area contributed by atoms with Crippen molar-refractivity contribution in [2.24, 2.45) is 0 Å². The van der Waals surface area contributed by atoms with Crippen LogP contribution in [0.25, 0.3) is 44.8 Å². The van der Waals surface area contributed by atoms with Crippen molar-refractivity contribution in [3.8, 4) is 11.1 Å². The fourth-order valence-electron chi connectivity index (χ4n) is 4.92. The summed E-state index contributed by atoms with van der Waals surface area (Å²) in [6, 6.07) is 32.7. The standard InChI is InChI=1S/C30H21N/c1-3-20-18-29-30-25(24(20)4-2)15-10-16-26(30)27-17-21-11-8-9-12-22(21)19-28(27)31(29)23-13-6-5-7-14-23/h3-19H,1-2H2. The van der Waals surface area contributed by atoms with E-state index in [2.05, 4.69) is 109 Å². The van der Waals surface area contributed by atoms with Gasteiger partial charge in [0.25, 0.3) is 0 Å². The Hall–Kier alpha value is -4.10. The topological polar surface area (TPSA) is 3.24 Å². The van der Waals surface area contributed by atoms with Gasteiger partial charge >= 0.3 is 0 Å². The first-order valence-electron chi connectivity index (χ1n) is 10.5. The summed E-state index contributed by atoms with van der Waals surface area (Å²) in [5.74, 6) is 0. The van der Waals surface area contributed by atoms with E-state index in [1.807, 2.05) is 12.2 Å². The highest BCUT2D eigenvalue weighted by Crippen LogP contribution is 2.53. The average Bonchev–Trinajstić information content (AvgIpc) is 2.83. The first-order chi connectivity index (χ1) is 15.3. The highest BCUT2D eigenvalue weighted by molar-refractivity contribution is 6.18. The van der Waals surface area contributed by atoms with E-state index in [-0.39, 0.29) is 0 Å². The highest BCUT2D eigenvalue weighted by Gasteiger charge is 2.27. The molecule has 0 aromatic heterocycles. The van der Waals surface area contributed by atoms with E-state index in [1.165, 1.54) is 44.0 Å². The lowest BCUT2D eigenvalue weighted by molar-refractivity contribution is 1.29. The molecular weight excluding hydrogens is 374 g/mol. The van der Waals surface area contributed by atoms with Crippen molar-refractivity contribution in [1.82, 2.24) is 0 Å². The van der Waals surface area contributed by atoms with Gasteiger partial charge in [-0.3, -0.25) is 0 Å². The van der Waals surface area contributed by atoms with Crippen LogP contribution in [0, 0.1) is 0 Å². The Balaban J connectivity index is 1.83. The zero-order valence-corrected chi connectivity index (χ0v) is 17.2. The normalized spacial score (nSPS) is 12.1. The first-order valence-corrected chi connectivity index (χ1v) is 10.5. The number of anilines is 3. The van der Waals surface area contributed by atoms with E-state index >= 15 is 0 Å². The second-order valence-corrected chi connectivity index (χ2v) is 7.92. The van der Waals surface area contributed by atoms with Gasteiger partial charge in [0.2, 0.25) is 0 Å². The maximum absolute atomic E-state index is 4.09. The van der Waals surface area contributed by atoms with Crippen LogP contribution in [0.2, 0.25) is 0 Å². The summed E-state index contributed by atoms with van der Waals surface area (Å²) in [5, 5.41) is 4.96. The minimum atomic E-state index is 1.10. The molecule has 0 amide bonds. The van der Waals surface area contributed by atoms with Gasteiger partial charge in [0.15, 0.2) is 0 Å². The van der Waals surface area contributed by atoms with Gasteiger partial charge in [-0.25, -0.2) is 0 Å². The number of benzene rings is 5. The molecule has 0 saturated carbocycles. The fraction of sp³-hybridized carbons (Fsp3) is 0. The zero-order valence-electron chi connectivity index (χ0n) is 17.2. The Morgan fingerprint density at radius 2 is 1.35 bits per heavy atom. The van der Waals surface area contributed by atoms with Crippen molar-refractivity contribution >= 4 is 50.8 Å². The Morgan fingerprint density at radius 3 is 2.10 bits per heavy atom. The van der Waals surface area contributed by atoms with Crippen molar-refractivity contribution in [2.75, 3.05) is 4.90 Å². The summed E-state index contributed by atoms with van der Waals surface area (Å²) < 4.78 is 0. The van der Waals surface area contributed by atoms with Crippen LogP contribution in [-0.4, -0.2) is 0 Å². The van der Waals surface area contributed by atoms with Gasteiger partial charge in [-0.15, -0.1) is 0 Å².